The van der Waals surface area contributed by atoms with E-state index >= 15 is 0 Å². The second-order valence-electron chi connectivity index (χ2n) is 7.48. The lowest BCUT2D eigenvalue weighted by Gasteiger charge is -2.25. The van der Waals surface area contributed by atoms with Gasteiger partial charge in [0.1, 0.15) is 11.6 Å². The van der Waals surface area contributed by atoms with Crippen molar-refractivity contribution in [3.05, 3.63) is 95.6 Å². The molecule has 4 rings (SSSR count). The molecular weight excluding hydrogens is 379 g/mol. The van der Waals surface area contributed by atoms with E-state index in [9.17, 15) is 9.18 Å². The number of amides is 1. The van der Waals surface area contributed by atoms with E-state index in [1.54, 1.807) is 12.1 Å². The van der Waals surface area contributed by atoms with Gasteiger partial charge >= 0.3 is 0 Å². The third-order valence-electron chi connectivity index (χ3n) is 5.40. The quantitative estimate of drug-likeness (QED) is 0.560. The predicted molar refractivity (Wildman–Crippen MR) is 114 cm³/mol. The minimum Gasteiger partial charge on any atom is -0.493 e. The largest absolute Gasteiger partial charge is 0.493 e. The molecule has 5 heteroatoms. The molecule has 1 aliphatic heterocycles. The van der Waals surface area contributed by atoms with Gasteiger partial charge in [0.15, 0.2) is 0 Å². The summed E-state index contributed by atoms with van der Waals surface area (Å²) in [7, 11) is 0. The van der Waals surface area contributed by atoms with Crippen LogP contribution in [0.1, 0.15) is 42.3 Å². The number of hydrogen-bond donors (Lipinski definition) is 0. The van der Waals surface area contributed by atoms with Crippen molar-refractivity contribution >= 4 is 5.91 Å². The number of rotatable bonds is 7. The molecule has 1 amide bonds. The number of halogens is 1. The Morgan fingerprint density at radius 1 is 1.03 bits per heavy atom. The van der Waals surface area contributed by atoms with Crippen molar-refractivity contribution in [3.8, 4) is 5.75 Å². The van der Waals surface area contributed by atoms with Crippen LogP contribution in [0.25, 0.3) is 0 Å². The van der Waals surface area contributed by atoms with E-state index in [-0.39, 0.29) is 17.8 Å². The number of hydrogen-bond acceptors (Lipinski definition) is 3. The standard InChI is InChI=1S/C25H25FN2O2/c26-22-12-5-4-8-19(22)18-20-9-6-13-23(27-20)24-14-7-16-28(24)25(29)15-17-30-21-10-2-1-3-11-21/h1-6,8-13,24H,7,14-18H2/t24-/m0/s1. The smallest absolute Gasteiger partial charge is 0.226 e. The number of aromatic nitrogens is 1. The highest BCUT2D eigenvalue weighted by Gasteiger charge is 2.30. The lowest BCUT2D eigenvalue weighted by Crippen LogP contribution is -2.32. The second-order valence-corrected chi connectivity index (χ2v) is 7.48. The van der Waals surface area contributed by atoms with Crippen LogP contribution in [-0.4, -0.2) is 28.9 Å². The monoisotopic (exact) mass is 404 g/mol. The predicted octanol–water partition coefficient (Wildman–Crippen LogP) is 4.94. The number of likely N-dealkylation sites (tertiary alicyclic amines) is 1. The van der Waals surface area contributed by atoms with Gasteiger partial charge in [0.2, 0.25) is 5.91 Å². The lowest BCUT2D eigenvalue weighted by molar-refractivity contribution is -0.132. The zero-order valence-electron chi connectivity index (χ0n) is 16.8. The number of nitrogens with zero attached hydrogens (tertiary/aromatic N) is 2. The molecular formula is C25H25FN2O2. The van der Waals surface area contributed by atoms with Crippen LogP contribution in [0.2, 0.25) is 0 Å². The summed E-state index contributed by atoms with van der Waals surface area (Å²) in [6.07, 6.45) is 2.61. The Bertz CT molecular complexity index is 993. The zero-order valence-corrected chi connectivity index (χ0v) is 16.8. The molecule has 0 unspecified atom stereocenters. The van der Waals surface area contributed by atoms with Crippen LogP contribution >= 0.6 is 0 Å². The van der Waals surface area contributed by atoms with Crippen molar-refractivity contribution in [1.29, 1.82) is 0 Å². The molecule has 0 N–H and O–H groups in total. The Kier molecular flexibility index (Phi) is 6.38. The Hall–Kier alpha value is -3.21. The fourth-order valence-electron chi connectivity index (χ4n) is 3.91. The molecule has 0 radical (unpaired) electrons. The first kappa shape index (κ1) is 20.1. The van der Waals surface area contributed by atoms with Crippen molar-refractivity contribution in [3.63, 3.8) is 0 Å². The minimum atomic E-state index is -0.221. The lowest BCUT2D eigenvalue weighted by atomic mass is 10.1. The fourth-order valence-corrected chi connectivity index (χ4v) is 3.91. The van der Waals surface area contributed by atoms with Gasteiger partial charge in [-0.1, -0.05) is 42.5 Å². The molecule has 30 heavy (non-hydrogen) atoms. The van der Waals surface area contributed by atoms with Crippen molar-refractivity contribution < 1.29 is 13.9 Å². The number of para-hydroxylation sites is 1. The number of benzene rings is 2. The molecule has 1 saturated heterocycles. The molecule has 0 saturated carbocycles. The van der Waals surface area contributed by atoms with Crippen molar-refractivity contribution in [2.45, 2.75) is 31.7 Å². The average Bonchev–Trinajstić information content (AvgIpc) is 3.26. The number of pyridine rings is 1. The molecule has 154 valence electrons. The molecule has 1 atom stereocenters. The summed E-state index contributed by atoms with van der Waals surface area (Å²) in [4.78, 5) is 19.5. The first-order chi connectivity index (χ1) is 14.7. The van der Waals surface area contributed by atoms with Gasteiger partial charge in [0.05, 0.1) is 24.8 Å². The SMILES string of the molecule is O=C(CCOc1ccccc1)N1CCC[C@H]1c1cccc(Cc2ccccc2F)n1. The van der Waals surface area contributed by atoms with E-state index in [0.717, 1.165) is 36.5 Å². The Morgan fingerprint density at radius 2 is 1.83 bits per heavy atom. The molecule has 2 heterocycles. The zero-order chi connectivity index (χ0) is 20.8. The van der Waals surface area contributed by atoms with Crippen LogP contribution in [0.5, 0.6) is 5.75 Å². The summed E-state index contributed by atoms with van der Waals surface area (Å²) in [6.45, 7) is 1.08. The van der Waals surface area contributed by atoms with Gasteiger partial charge in [-0.3, -0.25) is 9.78 Å². The molecule has 3 aromatic rings. The van der Waals surface area contributed by atoms with Gasteiger partial charge in [-0.2, -0.15) is 0 Å². The molecule has 0 aliphatic carbocycles. The highest BCUT2D eigenvalue weighted by Crippen LogP contribution is 2.31. The van der Waals surface area contributed by atoms with Gasteiger partial charge in [-0.25, -0.2) is 4.39 Å². The Labute approximate surface area is 176 Å². The van der Waals surface area contributed by atoms with Crippen LogP contribution in [0.3, 0.4) is 0 Å². The Balaban J connectivity index is 1.40. The molecule has 1 fully saturated rings. The topological polar surface area (TPSA) is 42.4 Å². The third kappa shape index (κ3) is 4.85. The molecule has 1 aliphatic rings. The summed E-state index contributed by atoms with van der Waals surface area (Å²) < 4.78 is 19.7. The number of carbonyl (C=O) groups is 1. The van der Waals surface area contributed by atoms with E-state index in [2.05, 4.69) is 0 Å². The van der Waals surface area contributed by atoms with Crippen molar-refractivity contribution in [2.75, 3.05) is 13.2 Å². The maximum absolute atomic E-state index is 14.0. The van der Waals surface area contributed by atoms with Gasteiger partial charge in [0.25, 0.3) is 0 Å². The van der Waals surface area contributed by atoms with E-state index in [4.69, 9.17) is 9.72 Å². The number of carbonyl (C=O) groups excluding carboxylic acids is 1. The van der Waals surface area contributed by atoms with Crippen LogP contribution in [0.4, 0.5) is 4.39 Å². The summed E-state index contributed by atoms with van der Waals surface area (Å²) in [5.41, 5.74) is 2.31. The second kappa shape index (κ2) is 9.53. The maximum Gasteiger partial charge on any atom is 0.226 e. The fraction of sp³-hybridized carbons (Fsp3) is 0.280. The van der Waals surface area contributed by atoms with E-state index < -0.39 is 0 Å². The van der Waals surface area contributed by atoms with E-state index in [0.29, 0.717) is 25.0 Å². The number of ether oxygens (including phenoxy) is 1. The average molecular weight is 404 g/mol. The van der Waals surface area contributed by atoms with E-state index in [1.807, 2.05) is 59.5 Å². The van der Waals surface area contributed by atoms with Gasteiger partial charge in [-0.15, -0.1) is 0 Å². The molecule has 0 spiro atoms. The van der Waals surface area contributed by atoms with Crippen molar-refractivity contribution in [1.82, 2.24) is 9.88 Å². The molecule has 4 nitrogen and oxygen atoms in total. The first-order valence-electron chi connectivity index (χ1n) is 10.4. The van der Waals surface area contributed by atoms with Gasteiger partial charge in [-0.05, 0) is 48.7 Å². The van der Waals surface area contributed by atoms with E-state index in [1.165, 1.54) is 6.07 Å². The third-order valence-corrected chi connectivity index (χ3v) is 5.40. The molecule has 2 aromatic carbocycles. The summed E-state index contributed by atoms with van der Waals surface area (Å²) in [5, 5.41) is 0. The summed E-state index contributed by atoms with van der Waals surface area (Å²) >= 11 is 0. The maximum atomic E-state index is 14.0. The van der Waals surface area contributed by atoms with Crippen molar-refractivity contribution in [2.24, 2.45) is 0 Å². The summed E-state index contributed by atoms with van der Waals surface area (Å²) in [5.74, 6) is 0.626. The van der Waals surface area contributed by atoms with Crippen LogP contribution < -0.4 is 4.74 Å². The normalized spacial score (nSPS) is 15.9. The van der Waals surface area contributed by atoms with Crippen LogP contribution in [-0.2, 0) is 11.2 Å². The molecule has 1 aromatic heterocycles. The summed E-state index contributed by atoms with van der Waals surface area (Å²) in [6, 6.07) is 22.1. The molecule has 0 bridgehead atoms. The highest BCUT2D eigenvalue weighted by molar-refractivity contribution is 5.77. The van der Waals surface area contributed by atoms with Gasteiger partial charge < -0.3 is 9.64 Å². The van der Waals surface area contributed by atoms with Crippen LogP contribution in [0, 0.1) is 5.82 Å². The first-order valence-corrected chi connectivity index (χ1v) is 10.4. The Morgan fingerprint density at radius 3 is 2.67 bits per heavy atom. The minimum absolute atomic E-state index is 0.0326. The highest BCUT2D eigenvalue weighted by atomic mass is 19.1. The van der Waals surface area contributed by atoms with Gasteiger partial charge in [0, 0.05) is 18.7 Å². The van der Waals surface area contributed by atoms with Crippen LogP contribution in [0.15, 0.2) is 72.8 Å².